The van der Waals surface area contributed by atoms with Crippen LogP contribution in [0.25, 0.3) is 0 Å². The van der Waals surface area contributed by atoms with Crippen LogP contribution >= 0.6 is 0 Å². The first-order valence-electron chi connectivity index (χ1n) is 5.67. The molecule has 19 heavy (non-hydrogen) atoms. The number of aromatic nitrogens is 3. The van der Waals surface area contributed by atoms with Crippen LogP contribution in [0.4, 0.5) is 5.95 Å². The molecule has 1 amide bonds. The largest absolute Gasteiger partial charge is 0.496 e. The number of hydrogen-bond acceptors (Lipinski definition) is 5. The molecule has 2 aromatic rings. The van der Waals surface area contributed by atoms with E-state index in [-0.39, 0.29) is 17.7 Å². The van der Waals surface area contributed by atoms with E-state index in [1.807, 2.05) is 24.3 Å². The lowest BCUT2D eigenvalue weighted by molar-refractivity contribution is 0.0772. The van der Waals surface area contributed by atoms with Gasteiger partial charge >= 0.3 is 0 Å². The molecule has 0 aliphatic heterocycles. The summed E-state index contributed by atoms with van der Waals surface area (Å²) in [5.41, 5.74) is 6.28. The Bertz CT molecular complexity index is 581. The molecule has 0 atom stereocenters. The molecule has 100 valence electrons. The van der Waals surface area contributed by atoms with Crippen molar-refractivity contribution in [2.24, 2.45) is 0 Å². The van der Waals surface area contributed by atoms with E-state index in [1.165, 1.54) is 4.90 Å². The Morgan fingerprint density at radius 3 is 2.84 bits per heavy atom. The highest BCUT2D eigenvalue weighted by molar-refractivity contribution is 5.90. The summed E-state index contributed by atoms with van der Waals surface area (Å²) in [6.45, 7) is 0.406. The fourth-order valence-electron chi connectivity index (χ4n) is 1.71. The number of aromatic amines is 1. The number of carbonyl (C=O) groups excluding carboxylic acids is 1. The van der Waals surface area contributed by atoms with E-state index in [0.717, 1.165) is 11.3 Å². The number of ether oxygens (including phenoxy) is 1. The van der Waals surface area contributed by atoms with Crippen LogP contribution in [0.3, 0.4) is 0 Å². The van der Waals surface area contributed by atoms with Crippen molar-refractivity contribution in [1.82, 2.24) is 20.1 Å². The first kappa shape index (κ1) is 12.9. The molecule has 2 rings (SSSR count). The maximum atomic E-state index is 12.1. The van der Waals surface area contributed by atoms with Crippen molar-refractivity contribution in [2.45, 2.75) is 6.54 Å². The van der Waals surface area contributed by atoms with Gasteiger partial charge in [-0.15, -0.1) is 5.10 Å². The van der Waals surface area contributed by atoms with Gasteiger partial charge in [0.1, 0.15) is 5.75 Å². The summed E-state index contributed by atoms with van der Waals surface area (Å²) in [6, 6.07) is 7.52. The minimum absolute atomic E-state index is 0.0500. The van der Waals surface area contributed by atoms with Crippen molar-refractivity contribution in [3.05, 3.63) is 35.7 Å². The van der Waals surface area contributed by atoms with Gasteiger partial charge in [0, 0.05) is 19.2 Å². The summed E-state index contributed by atoms with van der Waals surface area (Å²) in [7, 11) is 3.27. The molecule has 0 unspecified atom stereocenters. The highest BCUT2D eigenvalue weighted by Gasteiger charge is 2.17. The first-order chi connectivity index (χ1) is 9.11. The van der Waals surface area contributed by atoms with Crippen molar-refractivity contribution in [3.63, 3.8) is 0 Å². The van der Waals surface area contributed by atoms with E-state index in [4.69, 9.17) is 10.5 Å². The molecule has 1 aromatic heterocycles. The summed E-state index contributed by atoms with van der Waals surface area (Å²) in [5, 5.41) is 6.12. The lowest BCUT2D eigenvalue weighted by Gasteiger charge is -2.17. The van der Waals surface area contributed by atoms with Gasteiger partial charge in [-0.3, -0.25) is 9.89 Å². The number of hydrogen-bond donors (Lipinski definition) is 2. The molecule has 0 aliphatic rings. The topological polar surface area (TPSA) is 97.1 Å². The zero-order valence-corrected chi connectivity index (χ0v) is 10.8. The Morgan fingerprint density at radius 1 is 1.47 bits per heavy atom. The molecule has 0 saturated carbocycles. The van der Waals surface area contributed by atoms with Crippen molar-refractivity contribution in [1.29, 1.82) is 0 Å². The fraction of sp³-hybridized carbons (Fsp3) is 0.250. The monoisotopic (exact) mass is 261 g/mol. The number of benzene rings is 1. The minimum atomic E-state index is -0.282. The van der Waals surface area contributed by atoms with Gasteiger partial charge in [0.15, 0.2) is 0 Å². The van der Waals surface area contributed by atoms with E-state index in [1.54, 1.807) is 14.2 Å². The van der Waals surface area contributed by atoms with Gasteiger partial charge in [0.25, 0.3) is 5.91 Å². The minimum Gasteiger partial charge on any atom is -0.496 e. The van der Waals surface area contributed by atoms with Gasteiger partial charge in [-0.2, -0.15) is 4.98 Å². The fourth-order valence-corrected chi connectivity index (χ4v) is 1.71. The number of nitrogens with two attached hydrogens (primary N) is 1. The molecule has 7 nitrogen and oxygen atoms in total. The zero-order valence-electron chi connectivity index (χ0n) is 10.8. The molecular weight excluding hydrogens is 246 g/mol. The summed E-state index contributed by atoms with van der Waals surface area (Å²) in [6.07, 6.45) is 0. The average Bonchev–Trinajstić information content (AvgIpc) is 2.85. The quantitative estimate of drug-likeness (QED) is 0.843. The number of carbonyl (C=O) groups is 1. The predicted octanol–water partition coefficient (Wildman–Crippen LogP) is 0.668. The second-order valence-electron chi connectivity index (χ2n) is 4.02. The van der Waals surface area contributed by atoms with Crippen LogP contribution in [0, 0.1) is 0 Å². The van der Waals surface area contributed by atoms with Gasteiger partial charge in [-0.25, -0.2) is 0 Å². The van der Waals surface area contributed by atoms with E-state index in [0.29, 0.717) is 6.54 Å². The van der Waals surface area contributed by atoms with Crippen LogP contribution in [-0.4, -0.2) is 40.1 Å². The number of nitrogens with zero attached hydrogens (tertiary/aromatic N) is 3. The van der Waals surface area contributed by atoms with Gasteiger partial charge in [0.05, 0.1) is 7.11 Å². The predicted molar refractivity (Wildman–Crippen MR) is 69.6 cm³/mol. The second-order valence-corrected chi connectivity index (χ2v) is 4.02. The molecular formula is C12H15N5O2. The van der Waals surface area contributed by atoms with Gasteiger partial charge in [0.2, 0.25) is 11.8 Å². The highest BCUT2D eigenvalue weighted by Crippen LogP contribution is 2.19. The summed E-state index contributed by atoms with van der Waals surface area (Å²) in [5.74, 6) is 0.623. The van der Waals surface area contributed by atoms with E-state index in [2.05, 4.69) is 15.2 Å². The Labute approximate surface area is 110 Å². The molecule has 0 spiro atoms. The van der Waals surface area contributed by atoms with Crippen LogP contribution in [0.1, 0.15) is 16.2 Å². The van der Waals surface area contributed by atoms with Crippen molar-refractivity contribution in [3.8, 4) is 5.75 Å². The van der Waals surface area contributed by atoms with Crippen LogP contribution in [0.2, 0.25) is 0 Å². The number of nitrogen functional groups attached to an aromatic ring is 1. The van der Waals surface area contributed by atoms with E-state index < -0.39 is 0 Å². The number of H-pyrrole nitrogens is 1. The molecule has 1 heterocycles. The zero-order chi connectivity index (χ0) is 13.8. The normalized spacial score (nSPS) is 10.2. The summed E-state index contributed by atoms with van der Waals surface area (Å²) >= 11 is 0. The van der Waals surface area contributed by atoms with Gasteiger partial charge in [-0.05, 0) is 6.07 Å². The molecule has 3 N–H and O–H groups in total. The van der Waals surface area contributed by atoms with Crippen LogP contribution in [-0.2, 0) is 6.54 Å². The maximum Gasteiger partial charge on any atom is 0.291 e. The molecule has 0 radical (unpaired) electrons. The van der Waals surface area contributed by atoms with Crippen LogP contribution < -0.4 is 10.5 Å². The Hall–Kier alpha value is -2.57. The van der Waals surface area contributed by atoms with Crippen LogP contribution in [0.5, 0.6) is 5.75 Å². The molecule has 0 bridgehead atoms. The van der Waals surface area contributed by atoms with Crippen molar-refractivity contribution < 1.29 is 9.53 Å². The number of amides is 1. The third kappa shape index (κ3) is 2.82. The van der Waals surface area contributed by atoms with E-state index in [9.17, 15) is 4.79 Å². The third-order valence-electron chi connectivity index (χ3n) is 2.65. The number of methoxy groups -OCH3 is 1. The molecule has 1 aromatic carbocycles. The van der Waals surface area contributed by atoms with Crippen molar-refractivity contribution >= 4 is 11.9 Å². The van der Waals surface area contributed by atoms with E-state index >= 15 is 0 Å². The van der Waals surface area contributed by atoms with Gasteiger partial charge in [-0.1, -0.05) is 18.2 Å². The Balaban J connectivity index is 2.12. The summed E-state index contributed by atoms with van der Waals surface area (Å²) < 4.78 is 5.24. The SMILES string of the molecule is COc1ccccc1CN(C)C(=O)c1nc(N)n[nH]1. The number of para-hydroxylation sites is 1. The van der Waals surface area contributed by atoms with Crippen molar-refractivity contribution in [2.75, 3.05) is 19.9 Å². The third-order valence-corrected chi connectivity index (χ3v) is 2.65. The maximum absolute atomic E-state index is 12.1. The van der Waals surface area contributed by atoms with Crippen LogP contribution in [0.15, 0.2) is 24.3 Å². The lowest BCUT2D eigenvalue weighted by atomic mass is 10.2. The molecule has 0 saturated heterocycles. The highest BCUT2D eigenvalue weighted by atomic mass is 16.5. The Morgan fingerprint density at radius 2 is 2.21 bits per heavy atom. The molecule has 0 aliphatic carbocycles. The number of anilines is 1. The average molecular weight is 261 g/mol. The van der Waals surface area contributed by atoms with Gasteiger partial charge < -0.3 is 15.4 Å². The Kier molecular flexibility index (Phi) is 3.65. The summed E-state index contributed by atoms with van der Waals surface area (Å²) in [4.78, 5) is 17.4. The standard InChI is InChI=1S/C12H15N5O2/c1-17(11(18)10-14-12(13)16-15-10)7-8-5-3-4-6-9(8)19-2/h3-6H,7H2,1-2H3,(H3,13,14,15,16). The number of nitrogens with one attached hydrogen (secondary N) is 1. The second kappa shape index (κ2) is 5.38. The lowest BCUT2D eigenvalue weighted by Crippen LogP contribution is -2.27. The first-order valence-corrected chi connectivity index (χ1v) is 5.67. The molecule has 0 fully saturated rings. The molecule has 7 heteroatoms. The smallest absolute Gasteiger partial charge is 0.291 e. The number of rotatable bonds is 4.